The van der Waals surface area contributed by atoms with Crippen molar-refractivity contribution in [1.29, 1.82) is 0 Å². The van der Waals surface area contributed by atoms with Gasteiger partial charge in [0.05, 0.1) is 10.9 Å². The molecule has 0 aromatic heterocycles. The van der Waals surface area contributed by atoms with Crippen LogP contribution in [0.4, 0.5) is 0 Å². The van der Waals surface area contributed by atoms with Crippen LogP contribution in [0.5, 0.6) is 0 Å². The molecule has 42 heavy (non-hydrogen) atoms. The number of carbonyl (C=O) groups is 1. The highest BCUT2D eigenvalue weighted by atomic mass is 32.2. The summed E-state index contributed by atoms with van der Waals surface area (Å²) in [5.41, 5.74) is 2.48. The maximum absolute atomic E-state index is 14.4. The number of benzene rings is 4. The summed E-state index contributed by atoms with van der Waals surface area (Å²) in [5.74, 6) is 5.90. The van der Waals surface area contributed by atoms with E-state index in [0.29, 0.717) is 11.1 Å². The third-order valence-corrected chi connectivity index (χ3v) is 8.87. The molecular formula is C36H35NO4S. The SMILES string of the molecule is C=CCN([C@@H](Cc1ccccc1)C(C#Cc1ccc(C)cc1)(OC(C)=O)c1ccccc1)S(=O)(=O)c1ccc(C)cc1. The van der Waals surface area contributed by atoms with Gasteiger partial charge in [-0.1, -0.05) is 108 Å². The number of aryl methyl sites for hydroxylation is 2. The molecule has 4 aromatic rings. The molecule has 0 saturated heterocycles. The largest absolute Gasteiger partial charge is 0.440 e. The Morgan fingerprint density at radius 1 is 0.881 bits per heavy atom. The Bertz CT molecular complexity index is 1670. The molecule has 6 heteroatoms. The summed E-state index contributed by atoms with van der Waals surface area (Å²) in [6, 6.07) is 32.1. The van der Waals surface area contributed by atoms with E-state index in [1.807, 2.05) is 98.8 Å². The number of nitrogens with zero attached hydrogens (tertiary/aromatic N) is 1. The summed E-state index contributed by atoms with van der Waals surface area (Å²) < 4.78 is 36.4. The normalized spacial score (nSPS) is 13.3. The highest BCUT2D eigenvalue weighted by Crippen LogP contribution is 2.37. The standard InChI is InChI=1S/C36H35NO4S/c1-5-26-37(42(39,40)34-22-18-29(3)19-23-34)35(27-32-12-8-6-9-13-32)36(41-30(4)38,33-14-10-7-11-15-33)25-24-31-20-16-28(2)17-21-31/h5-23,35H,1,26-27H2,2-4H3/t35-,36?/m0/s1. The fraction of sp³-hybridized carbons (Fsp3) is 0.194. The monoisotopic (exact) mass is 577 g/mol. The molecule has 0 saturated carbocycles. The molecule has 0 aliphatic heterocycles. The van der Waals surface area contributed by atoms with Crippen molar-refractivity contribution < 1.29 is 17.9 Å². The summed E-state index contributed by atoms with van der Waals surface area (Å²) in [5, 5.41) is 0. The first-order chi connectivity index (χ1) is 20.2. The Morgan fingerprint density at radius 3 is 1.98 bits per heavy atom. The zero-order valence-electron chi connectivity index (χ0n) is 24.2. The predicted molar refractivity (Wildman–Crippen MR) is 167 cm³/mol. The quantitative estimate of drug-likeness (QED) is 0.121. The Hall–Kier alpha value is -4.44. The molecule has 214 valence electrons. The third kappa shape index (κ3) is 7.06. The van der Waals surface area contributed by atoms with Crippen molar-refractivity contribution in [3.05, 3.63) is 150 Å². The number of carbonyl (C=O) groups excluding carboxylic acids is 1. The lowest BCUT2D eigenvalue weighted by molar-refractivity contribution is -0.157. The molecule has 0 aliphatic rings. The maximum atomic E-state index is 14.4. The summed E-state index contributed by atoms with van der Waals surface area (Å²) >= 11 is 0. The molecule has 0 heterocycles. The average molecular weight is 578 g/mol. The first-order valence-corrected chi connectivity index (χ1v) is 15.2. The number of hydrogen-bond donors (Lipinski definition) is 0. The molecule has 0 radical (unpaired) electrons. The summed E-state index contributed by atoms with van der Waals surface area (Å²) in [4.78, 5) is 13.0. The summed E-state index contributed by atoms with van der Waals surface area (Å²) in [7, 11) is -4.11. The van der Waals surface area contributed by atoms with Crippen LogP contribution in [-0.4, -0.2) is 31.3 Å². The van der Waals surface area contributed by atoms with Crippen LogP contribution in [0.15, 0.2) is 127 Å². The second-order valence-corrected chi connectivity index (χ2v) is 12.1. The van der Waals surface area contributed by atoms with Crippen LogP contribution in [0.2, 0.25) is 0 Å². The summed E-state index contributed by atoms with van der Waals surface area (Å²) in [6.07, 6.45) is 1.76. The van der Waals surface area contributed by atoms with Crippen molar-refractivity contribution in [3.63, 3.8) is 0 Å². The van der Waals surface area contributed by atoms with E-state index in [9.17, 15) is 13.2 Å². The average Bonchev–Trinajstić information content (AvgIpc) is 2.99. The summed E-state index contributed by atoms with van der Waals surface area (Å²) in [6.45, 7) is 9.05. The van der Waals surface area contributed by atoms with Crippen LogP contribution < -0.4 is 0 Å². The number of ether oxygens (including phenoxy) is 1. The maximum Gasteiger partial charge on any atom is 0.304 e. The van der Waals surface area contributed by atoms with Gasteiger partial charge in [-0.05, 0) is 56.0 Å². The molecule has 0 bridgehead atoms. The van der Waals surface area contributed by atoms with Crippen molar-refractivity contribution in [3.8, 4) is 11.8 Å². The lowest BCUT2D eigenvalue weighted by atomic mass is 9.82. The smallest absolute Gasteiger partial charge is 0.304 e. The van der Waals surface area contributed by atoms with Crippen molar-refractivity contribution in [2.24, 2.45) is 0 Å². The molecule has 0 aliphatic carbocycles. The van der Waals surface area contributed by atoms with Gasteiger partial charge in [0, 0.05) is 24.6 Å². The van der Waals surface area contributed by atoms with E-state index < -0.39 is 27.6 Å². The lowest BCUT2D eigenvalue weighted by Gasteiger charge is -2.42. The second-order valence-electron chi connectivity index (χ2n) is 10.2. The van der Waals surface area contributed by atoms with Gasteiger partial charge in [0.1, 0.15) is 0 Å². The van der Waals surface area contributed by atoms with Crippen LogP contribution in [0.3, 0.4) is 0 Å². The van der Waals surface area contributed by atoms with Crippen molar-refractivity contribution in [1.82, 2.24) is 4.31 Å². The van der Waals surface area contributed by atoms with Gasteiger partial charge in [0.15, 0.2) is 0 Å². The zero-order chi connectivity index (χ0) is 30.2. The van der Waals surface area contributed by atoms with Gasteiger partial charge in [0.25, 0.3) is 0 Å². The Kier molecular flexibility index (Phi) is 9.80. The van der Waals surface area contributed by atoms with Gasteiger partial charge in [-0.15, -0.1) is 6.58 Å². The van der Waals surface area contributed by atoms with E-state index in [0.717, 1.165) is 16.7 Å². The third-order valence-electron chi connectivity index (χ3n) is 6.98. The van der Waals surface area contributed by atoms with Gasteiger partial charge < -0.3 is 4.74 Å². The molecule has 0 N–H and O–H groups in total. The molecule has 4 aromatic carbocycles. The molecule has 0 spiro atoms. The second kappa shape index (κ2) is 13.5. The molecular weight excluding hydrogens is 542 g/mol. The molecule has 0 amide bonds. The molecule has 2 atom stereocenters. The van der Waals surface area contributed by atoms with Crippen LogP contribution in [0, 0.1) is 25.7 Å². The Balaban J connectivity index is 2.05. The topological polar surface area (TPSA) is 63.7 Å². The first-order valence-electron chi connectivity index (χ1n) is 13.7. The van der Waals surface area contributed by atoms with Gasteiger partial charge in [-0.25, -0.2) is 8.42 Å². The molecule has 0 fully saturated rings. The number of rotatable bonds is 10. The van der Waals surface area contributed by atoms with Gasteiger partial charge >= 0.3 is 5.97 Å². The predicted octanol–water partition coefficient (Wildman–Crippen LogP) is 6.60. The van der Waals surface area contributed by atoms with E-state index in [1.54, 1.807) is 30.3 Å². The molecule has 4 rings (SSSR count). The van der Waals surface area contributed by atoms with Crippen LogP contribution in [0.25, 0.3) is 0 Å². The van der Waals surface area contributed by atoms with E-state index >= 15 is 0 Å². The Labute approximate surface area is 249 Å². The minimum atomic E-state index is -4.11. The fourth-order valence-corrected chi connectivity index (χ4v) is 6.48. The van der Waals surface area contributed by atoms with Gasteiger partial charge in [-0.2, -0.15) is 4.31 Å². The lowest BCUT2D eigenvalue weighted by Crippen LogP contribution is -2.55. The molecule has 1 unspecified atom stereocenters. The van der Waals surface area contributed by atoms with Crippen LogP contribution in [-0.2, 0) is 31.6 Å². The van der Waals surface area contributed by atoms with E-state index in [2.05, 4.69) is 18.4 Å². The van der Waals surface area contributed by atoms with Gasteiger partial charge in [0.2, 0.25) is 15.6 Å². The minimum Gasteiger partial charge on any atom is -0.440 e. The fourth-order valence-electron chi connectivity index (χ4n) is 4.87. The van der Waals surface area contributed by atoms with Crippen molar-refractivity contribution >= 4 is 16.0 Å². The van der Waals surface area contributed by atoms with E-state index in [-0.39, 0.29) is 17.9 Å². The van der Waals surface area contributed by atoms with Crippen LogP contribution in [0.1, 0.15) is 34.7 Å². The highest BCUT2D eigenvalue weighted by molar-refractivity contribution is 7.89. The van der Waals surface area contributed by atoms with Crippen molar-refractivity contribution in [2.45, 2.75) is 43.7 Å². The van der Waals surface area contributed by atoms with E-state index in [4.69, 9.17) is 4.74 Å². The number of sulfonamides is 1. The number of esters is 1. The zero-order valence-corrected chi connectivity index (χ0v) is 25.0. The van der Waals surface area contributed by atoms with Crippen molar-refractivity contribution in [2.75, 3.05) is 6.54 Å². The number of hydrogen-bond acceptors (Lipinski definition) is 4. The van der Waals surface area contributed by atoms with Gasteiger partial charge in [-0.3, -0.25) is 4.79 Å². The van der Waals surface area contributed by atoms with E-state index in [1.165, 1.54) is 11.2 Å². The first kappa shape index (κ1) is 30.5. The Morgan fingerprint density at radius 2 is 1.43 bits per heavy atom. The molecule has 5 nitrogen and oxygen atoms in total. The highest BCUT2D eigenvalue weighted by Gasteiger charge is 2.49. The van der Waals surface area contributed by atoms with Crippen LogP contribution >= 0.6 is 0 Å². The minimum absolute atomic E-state index is 0.0320.